The Kier molecular flexibility index (Phi) is 6.26. The van der Waals surface area contributed by atoms with Crippen molar-refractivity contribution in [1.29, 1.82) is 0 Å². The Morgan fingerprint density at radius 2 is 2.04 bits per heavy atom. The number of carbonyl (C=O) groups excluding carboxylic acids is 1. The molecule has 1 aromatic heterocycles. The molecule has 27 heavy (non-hydrogen) atoms. The largest absolute Gasteiger partial charge is 0.338 e. The number of halogens is 1. The molecule has 2 heterocycles. The van der Waals surface area contributed by atoms with Gasteiger partial charge in [-0.15, -0.1) is 0 Å². The lowest BCUT2D eigenvalue weighted by molar-refractivity contribution is -0.127. The lowest BCUT2D eigenvalue weighted by Crippen LogP contribution is -2.35. The van der Waals surface area contributed by atoms with Gasteiger partial charge in [0.1, 0.15) is 5.82 Å². The number of hydrogen-bond acceptors (Lipinski definition) is 3. The first-order valence-corrected chi connectivity index (χ1v) is 9.83. The number of hydrogen-bond donors (Lipinski definition) is 1. The van der Waals surface area contributed by atoms with E-state index in [2.05, 4.69) is 24.3 Å². The van der Waals surface area contributed by atoms with Crippen LogP contribution in [0.25, 0.3) is 5.69 Å². The van der Waals surface area contributed by atoms with Crippen LogP contribution in [0.15, 0.2) is 36.7 Å². The minimum absolute atomic E-state index is 0.0123. The molecule has 0 radical (unpaired) electrons. The van der Waals surface area contributed by atoms with Crippen LogP contribution in [0, 0.1) is 11.7 Å². The summed E-state index contributed by atoms with van der Waals surface area (Å²) in [6.45, 7) is 5.22. The van der Waals surface area contributed by atoms with E-state index in [1.807, 2.05) is 24.3 Å². The molecule has 3 rings (SSSR count). The SMILES string of the molecule is CCC[C@H](CC)NC[C@@H]1CC(=O)N(C)[C@H]1c1cnn(-c2ccc(F)cc2)c1. The highest BCUT2D eigenvalue weighted by atomic mass is 19.1. The number of nitrogens with zero attached hydrogens (tertiary/aromatic N) is 3. The smallest absolute Gasteiger partial charge is 0.223 e. The van der Waals surface area contributed by atoms with Crippen molar-refractivity contribution in [3.63, 3.8) is 0 Å². The molecule has 146 valence electrons. The molecule has 1 aliphatic heterocycles. The summed E-state index contributed by atoms with van der Waals surface area (Å²) in [5.41, 5.74) is 1.82. The van der Waals surface area contributed by atoms with Crippen molar-refractivity contribution in [3.8, 4) is 5.69 Å². The second-order valence-corrected chi connectivity index (χ2v) is 7.41. The van der Waals surface area contributed by atoms with Gasteiger partial charge in [-0.25, -0.2) is 9.07 Å². The molecule has 1 fully saturated rings. The molecule has 1 N–H and O–H groups in total. The summed E-state index contributed by atoms with van der Waals surface area (Å²) < 4.78 is 14.9. The predicted octanol–water partition coefficient (Wildman–Crippen LogP) is 3.70. The summed E-state index contributed by atoms with van der Waals surface area (Å²) in [5.74, 6) is 0.125. The van der Waals surface area contributed by atoms with Crippen molar-refractivity contribution in [1.82, 2.24) is 20.0 Å². The number of nitrogens with one attached hydrogen (secondary N) is 1. The van der Waals surface area contributed by atoms with Crippen molar-refractivity contribution in [2.45, 2.75) is 51.6 Å². The summed E-state index contributed by atoms with van der Waals surface area (Å²) >= 11 is 0. The van der Waals surface area contributed by atoms with E-state index >= 15 is 0 Å². The second-order valence-electron chi connectivity index (χ2n) is 7.41. The quantitative estimate of drug-likeness (QED) is 0.769. The van der Waals surface area contributed by atoms with E-state index in [1.165, 1.54) is 12.1 Å². The van der Waals surface area contributed by atoms with Crippen LogP contribution in [-0.4, -0.2) is 40.2 Å². The number of amides is 1. The molecule has 0 bridgehead atoms. The van der Waals surface area contributed by atoms with E-state index in [9.17, 15) is 9.18 Å². The van der Waals surface area contributed by atoms with Gasteiger partial charge in [0, 0.05) is 43.7 Å². The van der Waals surface area contributed by atoms with Crippen LogP contribution in [0.1, 0.15) is 51.1 Å². The molecule has 1 aromatic carbocycles. The van der Waals surface area contributed by atoms with Gasteiger partial charge in [-0.3, -0.25) is 4.79 Å². The molecule has 0 unspecified atom stereocenters. The van der Waals surface area contributed by atoms with Gasteiger partial charge in [0.15, 0.2) is 0 Å². The van der Waals surface area contributed by atoms with Crippen molar-refractivity contribution in [2.75, 3.05) is 13.6 Å². The van der Waals surface area contributed by atoms with Crippen LogP contribution >= 0.6 is 0 Å². The zero-order valence-electron chi connectivity index (χ0n) is 16.4. The Balaban J connectivity index is 1.76. The maximum absolute atomic E-state index is 13.2. The van der Waals surface area contributed by atoms with Gasteiger partial charge >= 0.3 is 0 Å². The van der Waals surface area contributed by atoms with Crippen molar-refractivity contribution >= 4 is 5.91 Å². The molecule has 1 saturated heterocycles. The molecule has 3 atom stereocenters. The van der Waals surface area contributed by atoms with Crippen LogP contribution in [0.3, 0.4) is 0 Å². The van der Waals surface area contributed by atoms with Crippen LogP contribution in [-0.2, 0) is 4.79 Å². The maximum atomic E-state index is 13.2. The van der Waals surface area contributed by atoms with Gasteiger partial charge in [0.2, 0.25) is 5.91 Å². The lowest BCUT2D eigenvalue weighted by Gasteiger charge is -2.26. The summed E-state index contributed by atoms with van der Waals surface area (Å²) in [4.78, 5) is 14.2. The average molecular weight is 372 g/mol. The van der Waals surface area contributed by atoms with Crippen molar-refractivity contribution < 1.29 is 9.18 Å². The van der Waals surface area contributed by atoms with E-state index in [1.54, 1.807) is 16.8 Å². The average Bonchev–Trinajstić information content (AvgIpc) is 3.24. The van der Waals surface area contributed by atoms with E-state index in [4.69, 9.17) is 0 Å². The van der Waals surface area contributed by atoms with Crippen LogP contribution in [0.4, 0.5) is 4.39 Å². The zero-order chi connectivity index (χ0) is 19.4. The Morgan fingerprint density at radius 3 is 2.70 bits per heavy atom. The maximum Gasteiger partial charge on any atom is 0.223 e. The van der Waals surface area contributed by atoms with E-state index in [0.717, 1.165) is 37.1 Å². The third-order valence-corrected chi connectivity index (χ3v) is 5.53. The highest BCUT2D eigenvalue weighted by Crippen LogP contribution is 2.36. The monoisotopic (exact) mass is 372 g/mol. The first-order valence-electron chi connectivity index (χ1n) is 9.83. The topological polar surface area (TPSA) is 50.2 Å². The fraction of sp³-hybridized carbons (Fsp3) is 0.524. The number of benzene rings is 1. The van der Waals surface area contributed by atoms with Crippen LogP contribution in [0.5, 0.6) is 0 Å². The highest BCUT2D eigenvalue weighted by Gasteiger charge is 2.39. The minimum Gasteiger partial charge on any atom is -0.338 e. The van der Waals surface area contributed by atoms with E-state index in [0.29, 0.717) is 12.5 Å². The summed E-state index contributed by atoms with van der Waals surface area (Å²) in [6, 6.07) is 6.76. The van der Waals surface area contributed by atoms with E-state index in [-0.39, 0.29) is 23.7 Å². The predicted molar refractivity (Wildman–Crippen MR) is 104 cm³/mol. The first-order chi connectivity index (χ1) is 13.0. The second kappa shape index (κ2) is 8.65. The van der Waals surface area contributed by atoms with Crippen molar-refractivity contribution in [3.05, 3.63) is 48.0 Å². The van der Waals surface area contributed by atoms with Gasteiger partial charge < -0.3 is 10.2 Å². The van der Waals surface area contributed by atoms with Crippen LogP contribution < -0.4 is 5.32 Å². The molecule has 6 heteroatoms. The van der Waals surface area contributed by atoms with Crippen LogP contribution in [0.2, 0.25) is 0 Å². The third kappa shape index (κ3) is 4.38. The Bertz CT molecular complexity index is 758. The van der Waals surface area contributed by atoms with Gasteiger partial charge in [0.25, 0.3) is 0 Å². The van der Waals surface area contributed by atoms with Gasteiger partial charge in [-0.2, -0.15) is 5.10 Å². The summed E-state index contributed by atoms with van der Waals surface area (Å²) in [5, 5.41) is 8.08. The molecule has 0 spiro atoms. The van der Waals surface area contributed by atoms with Crippen molar-refractivity contribution in [2.24, 2.45) is 5.92 Å². The summed E-state index contributed by atoms with van der Waals surface area (Å²) in [6.07, 6.45) is 7.72. The fourth-order valence-electron chi connectivity index (χ4n) is 3.97. The number of carbonyl (C=O) groups is 1. The van der Waals surface area contributed by atoms with E-state index < -0.39 is 0 Å². The normalized spacial score (nSPS) is 21.0. The highest BCUT2D eigenvalue weighted by molar-refractivity contribution is 5.79. The Morgan fingerprint density at radius 1 is 1.30 bits per heavy atom. The molecular formula is C21H29FN4O. The number of rotatable bonds is 8. The van der Waals surface area contributed by atoms with Gasteiger partial charge in [-0.1, -0.05) is 20.3 Å². The molecule has 0 saturated carbocycles. The minimum atomic E-state index is -0.268. The Labute approximate surface area is 160 Å². The molecule has 1 aliphatic rings. The standard InChI is InChI=1S/C21H29FN4O/c1-4-6-18(5-2)23-12-15-11-20(27)25(3)21(15)16-13-24-26(14-16)19-9-7-17(22)8-10-19/h7-10,13-15,18,21,23H,4-6,11-12H2,1-3H3/t15-,18-,21+/m0/s1. The molecule has 0 aliphatic carbocycles. The molecular weight excluding hydrogens is 343 g/mol. The number of aromatic nitrogens is 2. The zero-order valence-corrected chi connectivity index (χ0v) is 16.4. The Hall–Kier alpha value is -2.21. The molecule has 2 aromatic rings. The summed E-state index contributed by atoms with van der Waals surface area (Å²) in [7, 11) is 1.87. The lowest BCUT2D eigenvalue weighted by atomic mass is 9.95. The first kappa shape index (κ1) is 19.5. The molecule has 1 amide bonds. The van der Waals surface area contributed by atoms with Gasteiger partial charge in [0.05, 0.1) is 17.9 Å². The third-order valence-electron chi connectivity index (χ3n) is 5.53. The van der Waals surface area contributed by atoms with Gasteiger partial charge in [-0.05, 0) is 37.1 Å². The fourth-order valence-corrected chi connectivity index (χ4v) is 3.97. The molecule has 5 nitrogen and oxygen atoms in total. The number of likely N-dealkylation sites (tertiary alicyclic amines) is 1.